The Morgan fingerprint density at radius 2 is 1.43 bits per heavy atom. The van der Waals surface area contributed by atoms with Gasteiger partial charge in [-0.05, 0) is 40.4 Å². The minimum absolute atomic E-state index is 0.891. The lowest BCUT2D eigenvalue weighted by atomic mass is 9.96. The fourth-order valence-corrected chi connectivity index (χ4v) is 3.65. The van der Waals surface area contributed by atoms with Crippen molar-refractivity contribution in [2.45, 2.75) is 0 Å². The van der Waals surface area contributed by atoms with E-state index in [1.54, 1.807) is 7.11 Å². The number of methoxy groups -OCH3 is 1. The first-order chi connectivity index (χ1) is 11.4. The van der Waals surface area contributed by atoms with Gasteiger partial charge in [0, 0.05) is 21.7 Å². The molecule has 5 rings (SSSR count). The van der Waals surface area contributed by atoms with Gasteiger partial charge in [-0.25, -0.2) is 0 Å². The summed E-state index contributed by atoms with van der Waals surface area (Å²) in [5.41, 5.74) is 2.38. The zero-order chi connectivity index (χ0) is 15.4. The molecule has 4 aromatic carbocycles. The van der Waals surface area contributed by atoms with Crippen LogP contribution in [-0.2, 0) is 0 Å². The molecule has 0 fully saturated rings. The second-order valence-corrected chi connectivity index (χ2v) is 5.88. The Morgan fingerprint density at radius 3 is 2.26 bits per heavy atom. The molecule has 0 bridgehead atoms. The van der Waals surface area contributed by atoms with E-state index in [0.29, 0.717) is 0 Å². The number of rotatable bonds is 1. The Kier molecular flexibility index (Phi) is 2.45. The van der Waals surface area contributed by atoms with Crippen molar-refractivity contribution in [1.29, 1.82) is 0 Å². The van der Waals surface area contributed by atoms with Gasteiger partial charge in [-0.2, -0.15) is 0 Å². The quantitative estimate of drug-likeness (QED) is 0.398. The topological polar surface area (TPSA) is 25.0 Å². The van der Waals surface area contributed by atoms with Crippen LogP contribution in [0.25, 0.3) is 43.4 Å². The smallest absolute Gasteiger partial charge is 0.119 e. The third-order valence-electron chi connectivity index (χ3n) is 4.69. The van der Waals surface area contributed by atoms with Crippen LogP contribution in [0.15, 0.2) is 66.7 Å². The molecule has 110 valence electrons. The number of aromatic nitrogens is 1. The van der Waals surface area contributed by atoms with Gasteiger partial charge >= 0.3 is 0 Å². The van der Waals surface area contributed by atoms with Crippen LogP contribution in [0.3, 0.4) is 0 Å². The summed E-state index contributed by atoms with van der Waals surface area (Å²) in [6, 6.07) is 23.4. The summed E-state index contributed by atoms with van der Waals surface area (Å²) in [7, 11) is 1.72. The molecule has 2 nitrogen and oxygen atoms in total. The standard InChI is InChI=1S/C21H15NO/c1-23-13-10-11-15-18(12-13)14-6-2-3-7-16(14)21-20(15)17-8-4-5-9-19(17)22-21/h2-12,22H,1H3. The van der Waals surface area contributed by atoms with Crippen LogP contribution in [0.2, 0.25) is 0 Å². The first-order valence-electron chi connectivity index (χ1n) is 7.76. The molecule has 0 saturated heterocycles. The zero-order valence-corrected chi connectivity index (χ0v) is 12.8. The normalized spacial score (nSPS) is 11.7. The van der Waals surface area contributed by atoms with Crippen molar-refractivity contribution in [3.63, 3.8) is 0 Å². The molecule has 1 N–H and O–H groups in total. The highest BCUT2D eigenvalue weighted by Gasteiger charge is 2.13. The predicted molar refractivity (Wildman–Crippen MR) is 97.4 cm³/mol. The number of fused-ring (bicyclic) bond motifs is 8. The van der Waals surface area contributed by atoms with Gasteiger partial charge in [-0.1, -0.05) is 42.5 Å². The third kappa shape index (κ3) is 1.63. The highest BCUT2D eigenvalue weighted by molar-refractivity contribution is 6.31. The van der Waals surface area contributed by atoms with Crippen molar-refractivity contribution in [1.82, 2.24) is 4.98 Å². The number of ether oxygens (including phenoxy) is 1. The maximum absolute atomic E-state index is 5.44. The van der Waals surface area contributed by atoms with Gasteiger partial charge in [0.05, 0.1) is 12.6 Å². The van der Waals surface area contributed by atoms with Crippen LogP contribution >= 0.6 is 0 Å². The number of benzene rings is 4. The van der Waals surface area contributed by atoms with Crippen molar-refractivity contribution < 1.29 is 4.74 Å². The summed E-state index contributed by atoms with van der Waals surface area (Å²) in [5, 5.41) is 7.55. The number of nitrogens with one attached hydrogen (secondary N) is 1. The first kappa shape index (κ1) is 12.5. The van der Waals surface area contributed by atoms with Crippen LogP contribution in [-0.4, -0.2) is 12.1 Å². The lowest BCUT2D eigenvalue weighted by Gasteiger charge is -2.09. The molecule has 5 aromatic rings. The molecule has 1 heterocycles. The minimum atomic E-state index is 0.891. The molecule has 23 heavy (non-hydrogen) atoms. The largest absolute Gasteiger partial charge is 0.497 e. The second kappa shape index (κ2) is 4.50. The summed E-state index contributed by atoms with van der Waals surface area (Å²) < 4.78 is 5.44. The van der Waals surface area contributed by atoms with E-state index >= 15 is 0 Å². The van der Waals surface area contributed by atoms with Crippen LogP contribution in [0.4, 0.5) is 0 Å². The molecule has 0 radical (unpaired) electrons. The van der Waals surface area contributed by atoms with Gasteiger partial charge in [0.1, 0.15) is 5.75 Å². The van der Waals surface area contributed by atoms with E-state index in [0.717, 1.165) is 5.75 Å². The maximum Gasteiger partial charge on any atom is 0.119 e. The monoisotopic (exact) mass is 297 g/mol. The van der Waals surface area contributed by atoms with Gasteiger partial charge < -0.3 is 9.72 Å². The molecule has 0 spiro atoms. The van der Waals surface area contributed by atoms with Crippen LogP contribution in [0.5, 0.6) is 5.75 Å². The van der Waals surface area contributed by atoms with Crippen molar-refractivity contribution in [3.8, 4) is 5.75 Å². The number of hydrogen-bond donors (Lipinski definition) is 1. The van der Waals surface area contributed by atoms with Gasteiger partial charge in [-0.3, -0.25) is 0 Å². The summed E-state index contributed by atoms with van der Waals surface area (Å²) in [6.07, 6.45) is 0. The van der Waals surface area contributed by atoms with Gasteiger partial charge in [0.25, 0.3) is 0 Å². The van der Waals surface area contributed by atoms with Crippen LogP contribution in [0, 0.1) is 0 Å². The highest BCUT2D eigenvalue weighted by Crippen LogP contribution is 2.39. The molecule has 0 aliphatic carbocycles. The number of aromatic amines is 1. The molecular formula is C21H15NO. The predicted octanol–water partition coefficient (Wildman–Crippen LogP) is 5.64. The van der Waals surface area contributed by atoms with Crippen molar-refractivity contribution >= 4 is 43.4 Å². The van der Waals surface area contributed by atoms with E-state index in [9.17, 15) is 0 Å². The van der Waals surface area contributed by atoms with Crippen molar-refractivity contribution in [2.24, 2.45) is 0 Å². The highest BCUT2D eigenvalue weighted by atomic mass is 16.5. The summed E-state index contributed by atoms with van der Waals surface area (Å²) in [5.74, 6) is 0.891. The van der Waals surface area contributed by atoms with E-state index in [1.807, 2.05) is 6.07 Å². The van der Waals surface area contributed by atoms with Crippen molar-refractivity contribution in [2.75, 3.05) is 7.11 Å². The van der Waals surface area contributed by atoms with E-state index in [1.165, 1.54) is 43.4 Å². The van der Waals surface area contributed by atoms with Crippen LogP contribution < -0.4 is 4.74 Å². The molecule has 0 aliphatic heterocycles. The molecule has 0 saturated carbocycles. The number of H-pyrrole nitrogens is 1. The van der Waals surface area contributed by atoms with Gasteiger partial charge in [0.2, 0.25) is 0 Å². The van der Waals surface area contributed by atoms with E-state index < -0.39 is 0 Å². The average Bonchev–Trinajstić information content (AvgIpc) is 3.01. The molecule has 2 heteroatoms. The number of para-hydroxylation sites is 1. The Morgan fingerprint density at radius 1 is 0.696 bits per heavy atom. The molecule has 0 aliphatic rings. The fourth-order valence-electron chi connectivity index (χ4n) is 3.65. The Bertz CT molecular complexity index is 1200. The lowest BCUT2D eigenvalue weighted by Crippen LogP contribution is -1.85. The SMILES string of the molecule is COc1ccc2c(c1)c1ccccc1c1[nH]c3ccccc3c21. The Balaban J connectivity index is 2.16. The molecule has 0 amide bonds. The zero-order valence-electron chi connectivity index (χ0n) is 12.8. The molecule has 0 unspecified atom stereocenters. The molecule has 0 atom stereocenters. The van der Waals surface area contributed by atoms with E-state index in [4.69, 9.17) is 4.74 Å². The fraction of sp³-hybridized carbons (Fsp3) is 0.0476. The maximum atomic E-state index is 5.44. The van der Waals surface area contributed by atoms with Crippen LogP contribution in [0.1, 0.15) is 0 Å². The van der Waals surface area contributed by atoms with Gasteiger partial charge in [-0.15, -0.1) is 0 Å². The Hall–Kier alpha value is -3.00. The summed E-state index contributed by atoms with van der Waals surface area (Å²) >= 11 is 0. The average molecular weight is 297 g/mol. The lowest BCUT2D eigenvalue weighted by molar-refractivity contribution is 0.415. The first-order valence-corrected chi connectivity index (χ1v) is 7.76. The number of hydrogen-bond acceptors (Lipinski definition) is 1. The summed E-state index contributed by atoms with van der Waals surface area (Å²) in [6.45, 7) is 0. The molecule has 1 aromatic heterocycles. The molecular weight excluding hydrogens is 282 g/mol. The van der Waals surface area contributed by atoms with Gasteiger partial charge in [0.15, 0.2) is 0 Å². The minimum Gasteiger partial charge on any atom is -0.497 e. The van der Waals surface area contributed by atoms with E-state index in [2.05, 4.69) is 65.6 Å². The van der Waals surface area contributed by atoms with Crippen molar-refractivity contribution in [3.05, 3.63) is 66.7 Å². The third-order valence-corrected chi connectivity index (χ3v) is 4.69. The van der Waals surface area contributed by atoms with E-state index in [-0.39, 0.29) is 0 Å². The second-order valence-electron chi connectivity index (χ2n) is 5.88. The summed E-state index contributed by atoms with van der Waals surface area (Å²) in [4.78, 5) is 3.61. The Labute approximate surface area is 133 Å².